The highest BCUT2D eigenvalue weighted by Gasteiger charge is 2.62. The van der Waals surface area contributed by atoms with Gasteiger partial charge in [-0.05, 0) is 12.1 Å². The molecule has 0 aromatic carbocycles. The molecule has 0 spiro atoms. The summed E-state index contributed by atoms with van der Waals surface area (Å²) in [7, 11) is -13.9. The summed E-state index contributed by atoms with van der Waals surface area (Å²) in [6.07, 6.45) is 0.264. The average molecular weight is 374 g/mol. The molecule has 1 aromatic heterocycles. The van der Waals surface area contributed by atoms with Gasteiger partial charge in [0.05, 0.1) is 6.20 Å². The van der Waals surface area contributed by atoms with Crippen molar-refractivity contribution in [1.29, 1.82) is 0 Å². The number of halogens is 6. The summed E-state index contributed by atoms with van der Waals surface area (Å²) in [6.45, 7) is 0. The number of rotatable bonds is 3. The molecule has 0 radical (unpaired) electrons. The van der Waals surface area contributed by atoms with Gasteiger partial charge in [0.25, 0.3) is 0 Å². The Kier molecular flexibility index (Phi) is 4.28. The van der Waals surface area contributed by atoms with Crippen LogP contribution in [0, 0.1) is 0 Å². The highest BCUT2D eigenvalue weighted by atomic mass is 32.3. The lowest BCUT2D eigenvalue weighted by atomic mass is 10.4. The molecular formula is C7H4F6N2O5S2. The van der Waals surface area contributed by atoms with Crippen LogP contribution in [0.3, 0.4) is 0 Å². The van der Waals surface area contributed by atoms with Crippen LogP contribution in [0.2, 0.25) is 0 Å². The fraction of sp³-hybridized carbons (Fsp3) is 0.286. The second-order valence-electron chi connectivity index (χ2n) is 3.47. The molecule has 0 aliphatic carbocycles. The van der Waals surface area contributed by atoms with Crippen molar-refractivity contribution in [2.24, 2.45) is 0 Å². The van der Waals surface area contributed by atoms with E-state index in [0.29, 0.717) is 6.07 Å². The molecule has 1 aromatic rings. The standard InChI is InChI=1S/C7H4F6N2O5S2/c8-6(9,10)21(17,18)15(22(19,20)7(11,12)13)5-2-1-4(16)3-14-5/h1-3,16H. The number of pyridine rings is 1. The molecule has 126 valence electrons. The zero-order valence-electron chi connectivity index (χ0n) is 9.79. The minimum Gasteiger partial charge on any atom is -0.506 e. The Morgan fingerprint density at radius 3 is 1.59 bits per heavy atom. The normalized spacial score (nSPS) is 13.9. The summed E-state index contributed by atoms with van der Waals surface area (Å²) in [6, 6.07) is 0.606. The minimum absolute atomic E-state index is 0.155. The van der Waals surface area contributed by atoms with Crippen LogP contribution in [-0.4, -0.2) is 37.9 Å². The molecule has 0 saturated carbocycles. The van der Waals surface area contributed by atoms with Crippen LogP contribution in [-0.2, 0) is 20.0 Å². The van der Waals surface area contributed by atoms with Crippen molar-refractivity contribution < 1.29 is 48.3 Å². The van der Waals surface area contributed by atoms with Gasteiger partial charge in [-0.15, -0.1) is 3.71 Å². The van der Waals surface area contributed by atoms with E-state index in [1.807, 2.05) is 0 Å². The lowest BCUT2D eigenvalue weighted by Gasteiger charge is -2.24. The van der Waals surface area contributed by atoms with E-state index < -0.39 is 46.3 Å². The molecule has 1 rings (SSSR count). The second-order valence-corrected chi connectivity index (χ2v) is 7.26. The van der Waals surface area contributed by atoms with Gasteiger partial charge < -0.3 is 5.11 Å². The molecule has 1 N–H and O–H groups in total. The van der Waals surface area contributed by atoms with Crippen molar-refractivity contribution >= 4 is 25.9 Å². The first-order valence-electron chi connectivity index (χ1n) is 4.70. The third-order valence-corrected chi connectivity index (χ3v) is 5.54. The Labute approximate surface area is 118 Å². The van der Waals surface area contributed by atoms with Crippen molar-refractivity contribution in [3.05, 3.63) is 18.3 Å². The molecule has 0 aliphatic rings. The van der Waals surface area contributed by atoms with Crippen molar-refractivity contribution in [2.75, 3.05) is 3.71 Å². The maximum absolute atomic E-state index is 12.4. The summed E-state index contributed by atoms with van der Waals surface area (Å²) in [5, 5.41) is 8.84. The number of aromatic hydroxyl groups is 1. The van der Waals surface area contributed by atoms with E-state index in [9.17, 15) is 43.2 Å². The third-order valence-electron chi connectivity index (χ3n) is 1.94. The highest BCUT2D eigenvalue weighted by Crippen LogP contribution is 2.37. The molecular weight excluding hydrogens is 370 g/mol. The van der Waals surface area contributed by atoms with Crippen LogP contribution in [0.5, 0.6) is 5.75 Å². The van der Waals surface area contributed by atoms with Gasteiger partial charge in [-0.3, -0.25) is 0 Å². The third kappa shape index (κ3) is 3.03. The Morgan fingerprint density at radius 2 is 1.32 bits per heavy atom. The van der Waals surface area contributed by atoms with Gasteiger partial charge in [-0.1, -0.05) is 0 Å². The molecule has 22 heavy (non-hydrogen) atoms. The monoisotopic (exact) mass is 374 g/mol. The largest absolute Gasteiger partial charge is 0.517 e. The number of anilines is 1. The first kappa shape index (κ1) is 18.3. The van der Waals surface area contributed by atoms with Crippen LogP contribution >= 0.6 is 0 Å². The van der Waals surface area contributed by atoms with Gasteiger partial charge in [0.1, 0.15) is 5.75 Å². The number of sulfonamides is 2. The lowest BCUT2D eigenvalue weighted by Crippen LogP contribution is -2.49. The maximum Gasteiger partial charge on any atom is 0.517 e. The molecule has 0 saturated heterocycles. The van der Waals surface area contributed by atoms with E-state index in [-0.39, 0.29) is 12.3 Å². The SMILES string of the molecule is O=S(=O)(N(c1ccc(O)cn1)S(=O)(=O)C(F)(F)F)C(F)(F)F. The van der Waals surface area contributed by atoms with Gasteiger partial charge in [0.15, 0.2) is 5.82 Å². The summed E-state index contributed by atoms with van der Waals surface area (Å²) in [4.78, 5) is 2.76. The fourth-order valence-corrected chi connectivity index (χ4v) is 3.67. The number of hydrogen-bond donors (Lipinski definition) is 1. The number of hydrogen-bond acceptors (Lipinski definition) is 6. The molecule has 0 unspecified atom stereocenters. The van der Waals surface area contributed by atoms with Gasteiger partial charge in [0, 0.05) is 0 Å². The van der Waals surface area contributed by atoms with E-state index in [1.165, 1.54) is 0 Å². The minimum atomic E-state index is -6.96. The smallest absolute Gasteiger partial charge is 0.506 e. The molecule has 0 aliphatic heterocycles. The van der Waals surface area contributed by atoms with Crippen molar-refractivity contribution in [3.63, 3.8) is 0 Å². The van der Waals surface area contributed by atoms with Gasteiger partial charge in [-0.2, -0.15) is 43.2 Å². The summed E-state index contributed by atoms with van der Waals surface area (Å²) >= 11 is 0. The molecule has 0 fully saturated rings. The molecule has 0 atom stereocenters. The summed E-state index contributed by atoms with van der Waals surface area (Å²) in [5.41, 5.74) is -12.7. The summed E-state index contributed by atoms with van der Waals surface area (Å²) < 4.78 is 117. The average Bonchev–Trinajstić information content (AvgIpc) is 2.28. The van der Waals surface area contributed by atoms with Gasteiger partial charge in [0.2, 0.25) is 0 Å². The van der Waals surface area contributed by atoms with E-state index in [2.05, 4.69) is 4.98 Å². The van der Waals surface area contributed by atoms with Gasteiger partial charge >= 0.3 is 31.1 Å². The zero-order valence-corrected chi connectivity index (χ0v) is 11.4. The molecule has 1 heterocycles. The number of aromatic nitrogens is 1. The Balaban J connectivity index is 3.73. The van der Waals surface area contributed by atoms with Crippen molar-refractivity contribution in [1.82, 2.24) is 4.98 Å². The maximum atomic E-state index is 12.4. The van der Waals surface area contributed by atoms with Crippen molar-refractivity contribution in [3.8, 4) is 5.75 Å². The Hall–Kier alpha value is -1.77. The number of nitrogens with zero attached hydrogens (tertiary/aromatic N) is 2. The first-order valence-corrected chi connectivity index (χ1v) is 7.58. The van der Waals surface area contributed by atoms with Crippen LogP contribution in [0.4, 0.5) is 32.2 Å². The Morgan fingerprint density at radius 1 is 0.909 bits per heavy atom. The van der Waals surface area contributed by atoms with E-state index >= 15 is 0 Å². The molecule has 7 nitrogen and oxygen atoms in total. The fourth-order valence-electron chi connectivity index (χ4n) is 1.05. The van der Waals surface area contributed by atoms with Crippen molar-refractivity contribution in [2.45, 2.75) is 11.0 Å². The van der Waals surface area contributed by atoms with Crippen LogP contribution in [0.15, 0.2) is 18.3 Å². The Bertz CT molecular complexity index is 708. The van der Waals surface area contributed by atoms with E-state index in [0.717, 1.165) is 0 Å². The van der Waals surface area contributed by atoms with Crippen LogP contribution in [0.1, 0.15) is 0 Å². The zero-order chi connectivity index (χ0) is 17.6. The molecule has 0 amide bonds. The predicted octanol–water partition coefficient (Wildman–Crippen LogP) is 1.29. The lowest BCUT2D eigenvalue weighted by molar-refractivity contribution is -0.0462. The number of alkyl halides is 6. The highest BCUT2D eigenvalue weighted by molar-refractivity contribution is 8.11. The topological polar surface area (TPSA) is 105 Å². The second kappa shape index (κ2) is 5.15. The predicted molar refractivity (Wildman–Crippen MR) is 58.3 cm³/mol. The first-order chi connectivity index (χ1) is 9.62. The van der Waals surface area contributed by atoms with Crippen LogP contribution < -0.4 is 3.71 Å². The molecule has 0 bridgehead atoms. The van der Waals surface area contributed by atoms with E-state index in [1.54, 1.807) is 0 Å². The van der Waals surface area contributed by atoms with Crippen LogP contribution in [0.25, 0.3) is 0 Å². The van der Waals surface area contributed by atoms with Gasteiger partial charge in [-0.25, -0.2) is 4.98 Å². The molecule has 15 heteroatoms. The summed E-state index contributed by atoms with van der Waals surface area (Å²) in [5.74, 6) is -2.47. The van der Waals surface area contributed by atoms with E-state index in [4.69, 9.17) is 5.11 Å². The quantitative estimate of drug-likeness (QED) is 0.800.